The van der Waals surface area contributed by atoms with Gasteiger partial charge in [0.25, 0.3) is 0 Å². The molecule has 8 heteroatoms. The standard InChI is InChI=1S/C30H22F3NO3S.C2H6/c31-30(32,33)21-14-13-19(28(15-21)38-27-12-6-1-7-20(27)17-35)16-34-29(36)37-18-26-24-10-4-2-8-22(24)23-9-3-5-11-25(23)26;1-2/h1-15,17,26H,16,18H2,(H,34,36);1-2H3. The fourth-order valence-corrected chi connectivity index (χ4v) is 5.65. The number of fused-ring (bicyclic) bond motifs is 3. The monoisotopic (exact) mass is 563 g/mol. The molecule has 0 bridgehead atoms. The number of amides is 1. The van der Waals surface area contributed by atoms with E-state index in [-0.39, 0.29) is 24.0 Å². The summed E-state index contributed by atoms with van der Waals surface area (Å²) in [6, 6.07) is 25.9. The van der Waals surface area contributed by atoms with Crippen molar-refractivity contribution < 1.29 is 27.5 Å². The molecule has 0 aliphatic heterocycles. The summed E-state index contributed by atoms with van der Waals surface area (Å²) in [6.45, 7) is 4.08. The van der Waals surface area contributed by atoms with Gasteiger partial charge in [0, 0.05) is 27.8 Å². The first-order valence-corrected chi connectivity index (χ1v) is 13.7. The molecule has 1 aliphatic rings. The summed E-state index contributed by atoms with van der Waals surface area (Å²) in [6.07, 6.45) is -4.54. The van der Waals surface area contributed by atoms with Gasteiger partial charge in [-0.2, -0.15) is 13.2 Å². The van der Waals surface area contributed by atoms with Crippen LogP contribution in [0.1, 0.15) is 52.4 Å². The van der Waals surface area contributed by atoms with E-state index in [0.29, 0.717) is 22.3 Å². The van der Waals surface area contributed by atoms with E-state index in [1.54, 1.807) is 24.3 Å². The third kappa shape index (κ3) is 6.39. The van der Waals surface area contributed by atoms with Gasteiger partial charge in [-0.25, -0.2) is 4.79 Å². The molecule has 4 nitrogen and oxygen atoms in total. The summed E-state index contributed by atoms with van der Waals surface area (Å²) in [5.41, 5.74) is 4.41. The van der Waals surface area contributed by atoms with Gasteiger partial charge in [-0.05, 0) is 46.0 Å². The summed E-state index contributed by atoms with van der Waals surface area (Å²) in [5, 5.41) is 2.66. The van der Waals surface area contributed by atoms with Crippen LogP contribution in [0, 0.1) is 0 Å². The number of carbonyl (C=O) groups excluding carboxylic acids is 2. The zero-order valence-corrected chi connectivity index (χ0v) is 22.8. The highest BCUT2D eigenvalue weighted by Gasteiger charge is 2.31. The van der Waals surface area contributed by atoms with Gasteiger partial charge in [0.15, 0.2) is 6.29 Å². The Hall–Kier alpha value is -4.04. The van der Waals surface area contributed by atoms with E-state index in [0.717, 1.165) is 46.1 Å². The third-order valence-corrected chi connectivity index (χ3v) is 7.62. The first-order chi connectivity index (χ1) is 19.3. The number of alkyl carbamates (subject to hydrolysis) is 1. The van der Waals surface area contributed by atoms with Gasteiger partial charge in [0.1, 0.15) is 6.61 Å². The Kier molecular flexibility index (Phi) is 9.32. The molecule has 1 aliphatic carbocycles. The van der Waals surface area contributed by atoms with Crippen molar-refractivity contribution in [3.05, 3.63) is 119 Å². The van der Waals surface area contributed by atoms with Crippen LogP contribution in [0.25, 0.3) is 11.1 Å². The van der Waals surface area contributed by atoms with Crippen molar-refractivity contribution in [3.8, 4) is 11.1 Å². The molecule has 0 spiro atoms. The van der Waals surface area contributed by atoms with Crippen LogP contribution in [0.5, 0.6) is 0 Å². The molecule has 4 aromatic rings. The van der Waals surface area contributed by atoms with Crippen molar-refractivity contribution >= 4 is 24.1 Å². The van der Waals surface area contributed by atoms with Crippen molar-refractivity contribution in [3.63, 3.8) is 0 Å². The molecule has 0 radical (unpaired) electrons. The van der Waals surface area contributed by atoms with Gasteiger partial charge in [-0.3, -0.25) is 4.79 Å². The number of carbonyl (C=O) groups is 2. The van der Waals surface area contributed by atoms with Crippen LogP contribution in [0.4, 0.5) is 18.0 Å². The Labute approximate surface area is 235 Å². The highest BCUT2D eigenvalue weighted by molar-refractivity contribution is 7.99. The predicted octanol–water partition coefficient (Wildman–Crippen LogP) is 8.73. The largest absolute Gasteiger partial charge is 0.449 e. The molecule has 4 aromatic carbocycles. The molecule has 1 N–H and O–H groups in total. The summed E-state index contributed by atoms with van der Waals surface area (Å²) >= 11 is 1.04. The second-order valence-corrected chi connectivity index (χ2v) is 9.84. The van der Waals surface area contributed by atoms with E-state index in [9.17, 15) is 22.8 Å². The Morgan fingerprint density at radius 1 is 0.875 bits per heavy atom. The fourth-order valence-electron chi connectivity index (χ4n) is 4.58. The average Bonchev–Trinajstić information content (AvgIpc) is 3.30. The van der Waals surface area contributed by atoms with E-state index in [1.807, 2.05) is 62.4 Å². The van der Waals surface area contributed by atoms with E-state index in [1.165, 1.54) is 6.07 Å². The van der Waals surface area contributed by atoms with Gasteiger partial charge >= 0.3 is 12.3 Å². The Balaban J connectivity index is 0.00000181. The number of alkyl halides is 3. The SMILES string of the molecule is CC.O=Cc1ccccc1Sc1cc(C(F)(F)F)ccc1CNC(=O)OCC1c2ccccc2-c2ccccc21. The zero-order valence-electron chi connectivity index (χ0n) is 22.0. The van der Waals surface area contributed by atoms with Gasteiger partial charge < -0.3 is 10.1 Å². The van der Waals surface area contributed by atoms with Crippen molar-refractivity contribution in [1.29, 1.82) is 0 Å². The lowest BCUT2D eigenvalue weighted by atomic mass is 9.98. The van der Waals surface area contributed by atoms with Gasteiger partial charge in [-0.15, -0.1) is 0 Å². The lowest BCUT2D eigenvalue weighted by Crippen LogP contribution is -2.26. The highest BCUT2D eigenvalue weighted by Crippen LogP contribution is 2.44. The number of aldehydes is 1. The molecule has 206 valence electrons. The van der Waals surface area contributed by atoms with Crippen LogP contribution in [0.2, 0.25) is 0 Å². The van der Waals surface area contributed by atoms with E-state index < -0.39 is 17.8 Å². The molecular formula is C32H28F3NO3S. The average molecular weight is 564 g/mol. The summed E-state index contributed by atoms with van der Waals surface area (Å²) in [7, 11) is 0. The summed E-state index contributed by atoms with van der Waals surface area (Å²) < 4.78 is 45.8. The molecule has 5 rings (SSSR count). The third-order valence-electron chi connectivity index (χ3n) is 6.43. The van der Waals surface area contributed by atoms with Gasteiger partial charge in [0.2, 0.25) is 0 Å². The smallest absolute Gasteiger partial charge is 0.416 e. The predicted molar refractivity (Wildman–Crippen MR) is 151 cm³/mol. The summed E-state index contributed by atoms with van der Waals surface area (Å²) in [4.78, 5) is 24.8. The lowest BCUT2D eigenvalue weighted by Gasteiger charge is -2.16. The molecule has 0 unspecified atom stereocenters. The Morgan fingerprint density at radius 2 is 1.48 bits per heavy atom. The van der Waals surface area contributed by atoms with Crippen LogP contribution >= 0.6 is 11.8 Å². The molecule has 0 saturated heterocycles. The molecule has 0 aromatic heterocycles. The first kappa shape index (κ1) is 29.0. The van der Waals surface area contributed by atoms with Crippen LogP contribution in [-0.4, -0.2) is 19.0 Å². The second-order valence-electron chi connectivity index (χ2n) is 8.76. The van der Waals surface area contributed by atoms with Crippen LogP contribution < -0.4 is 5.32 Å². The van der Waals surface area contributed by atoms with Crippen LogP contribution in [-0.2, 0) is 17.5 Å². The molecule has 0 saturated carbocycles. The minimum Gasteiger partial charge on any atom is -0.449 e. The zero-order chi connectivity index (χ0) is 28.7. The molecule has 0 atom stereocenters. The number of ether oxygens (including phenoxy) is 1. The molecular weight excluding hydrogens is 535 g/mol. The Bertz CT molecular complexity index is 1460. The van der Waals surface area contributed by atoms with Gasteiger partial charge in [0.05, 0.1) is 5.56 Å². The van der Waals surface area contributed by atoms with Crippen LogP contribution in [0.3, 0.4) is 0 Å². The van der Waals surface area contributed by atoms with Crippen molar-refractivity contribution in [2.24, 2.45) is 0 Å². The number of hydrogen-bond acceptors (Lipinski definition) is 4. The number of rotatable bonds is 7. The van der Waals surface area contributed by atoms with Crippen molar-refractivity contribution in [2.75, 3.05) is 6.61 Å². The lowest BCUT2D eigenvalue weighted by molar-refractivity contribution is -0.137. The van der Waals surface area contributed by atoms with E-state index in [4.69, 9.17) is 4.74 Å². The normalized spacial score (nSPS) is 12.0. The van der Waals surface area contributed by atoms with Crippen LogP contribution in [0.15, 0.2) is 101 Å². The first-order valence-electron chi connectivity index (χ1n) is 12.9. The van der Waals surface area contributed by atoms with Crippen molar-refractivity contribution in [2.45, 2.75) is 42.3 Å². The fraction of sp³-hybridized carbons (Fsp3) is 0.188. The topological polar surface area (TPSA) is 55.4 Å². The molecule has 40 heavy (non-hydrogen) atoms. The van der Waals surface area contributed by atoms with E-state index in [2.05, 4.69) is 5.32 Å². The maximum absolute atomic E-state index is 13.4. The van der Waals surface area contributed by atoms with E-state index >= 15 is 0 Å². The Morgan fingerprint density at radius 3 is 2.10 bits per heavy atom. The second kappa shape index (κ2) is 12.9. The maximum atomic E-state index is 13.4. The number of nitrogens with one attached hydrogen (secondary N) is 1. The summed E-state index contributed by atoms with van der Waals surface area (Å²) in [5.74, 6) is -0.106. The highest BCUT2D eigenvalue weighted by atomic mass is 32.2. The molecule has 0 fully saturated rings. The quantitative estimate of drug-likeness (QED) is 0.229. The maximum Gasteiger partial charge on any atom is 0.416 e. The number of hydrogen-bond donors (Lipinski definition) is 1. The molecule has 0 heterocycles. The molecule has 1 amide bonds. The number of benzene rings is 4. The van der Waals surface area contributed by atoms with Gasteiger partial charge in [-0.1, -0.05) is 98.4 Å². The minimum absolute atomic E-state index is 0.0413. The van der Waals surface area contributed by atoms with Crippen molar-refractivity contribution in [1.82, 2.24) is 5.32 Å². The minimum atomic E-state index is -4.53. The number of halogens is 3.